The van der Waals surface area contributed by atoms with Crippen molar-refractivity contribution in [1.82, 2.24) is 4.90 Å². The predicted molar refractivity (Wildman–Crippen MR) is 62.9 cm³/mol. The monoisotopic (exact) mass is 211 g/mol. The van der Waals surface area contributed by atoms with E-state index < -0.39 is 0 Å². The van der Waals surface area contributed by atoms with Gasteiger partial charge >= 0.3 is 0 Å². The van der Waals surface area contributed by atoms with Crippen LogP contribution in [0.15, 0.2) is 0 Å². The topological polar surface area (TPSA) is 23.5 Å². The summed E-state index contributed by atoms with van der Waals surface area (Å²) in [7, 11) is 0. The molecule has 1 atom stereocenters. The van der Waals surface area contributed by atoms with Crippen molar-refractivity contribution in [3.63, 3.8) is 0 Å². The molecule has 0 aromatic rings. The average molecular weight is 211 g/mol. The molecule has 88 valence electrons. The molecular formula is C13H25NO. The molecule has 2 aliphatic rings. The zero-order valence-electron chi connectivity index (χ0n) is 9.83. The van der Waals surface area contributed by atoms with Gasteiger partial charge in [-0.3, -0.25) is 0 Å². The van der Waals surface area contributed by atoms with Crippen molar-refractivity contribution in [1.29, 1.82) is 0 Å². The fourth-order valence-corrected chi connectivity index (χ4v) is 3.09. The highest BCUT2D eigenvalue weighted by atomic mass is 16.2. The van der Waals surface area contributed by atoms with Crippen molar-refractivity contribution in [2.75, 3.05) is 19.7 Å². The van der Waals surface area contributed by atoms with Gasteiger partial charge in [-0.05, 0) is 64.0 Å². The minimum atomic E-state index is 0.367. The fraction of sp³-hybridized carbons (Fsp3) is 1.00. The molecule has 2 fully saturated rings. The van der Waals surface area contributed by atoms with Crippen LogP contribution in [0.25, 0.3) is 0 Å². The molecule has 0 radical (unpaired) electrons. The zero-order chi connectivity index (χ0) is 10.5. The third-order valence-electron chi connectivity index (χ3n) is 4.21. The Balaban J connectivity index is 1.66. The Hall–Kier alpha value is -0.0800. The number of nitrogens with zero attached hydrogens (tertiary/aromatic N) is 1. The molecule has 1 saturated carbocycles. The van der Waals surface area contributed by atoms with Crippen molar-refractivity contribution in [2.24, 2.45) is 5.92 Å². The van der Waals surface area contributed by atoms with Gasteiger partial charge in [-0.1, -0.05) is 6.42 Å². The lowest BCUT2D eigenvalue weighted by Crippen LogP contribution is -2.39. The van der Waals surface area contributed by atoms with Crippen LogP contribution >= 0.6 is 0 Å². The first-order valence-electron chi connectivity index (χ1n) is 6.76. The first-order chi connectivity index (χ1) is 7.42. The van der Waals surface area contributed by atoms with Crippen molar-refractivity contribution < 1.29 is 5.11 Å². The van der Waals surface area contributed by atoms with Gasteiger partial charge in [0.05, 0.1) is 0 Å². The van der Waals surface area contributed by atoms with E-state index >= 15 is 0 Å². The van der Waals surface area contributed by atoms with Crippen LogP contribution in [0.1, 0.15) is 51.4 Å². The van der Waals surface area contributed by atoms with Crippen LogP contribution in [0.2, 0.25) is 0 Å². The van der Waals surface area contributed by atoms with E-state index in [1.807, 2.05) is 0 Å². The Labute approximate surface area is 93.7 Å². The molecule has 0 spiro atoms. The predicted octanol–water partition coefficient (Wildman–Crippen LogP) is 2.41. The van der Waals surface area contributed by atoms with Gasteiger partial charge in [-0.15, -0.1) is 0 Å². The molecule has 1 heterocycles. The average Bonchev–Trinajstić information content (AvgIpc) is 2.58. The summed E-state index contributed by atoms with van der Waals surface area (Å²) in [4.78, 5) is 2.72. The van der Waals surface area contributed by atoms with Crippen LogP contribution in [-0.4, -0.2) is 35.7 Å². The third-order valence-corrected chi connectivity index (χ3v) is 4.21. The summed E-state index contributed by atoms with van der Waals surface area (Å²) in [6, 6.07) is 0.924. The normalized spacial score (nSPS) is 28.2. The molecule has 1 aliphatic heterocycles. The summed E-state index contributed by atoms with van der Waals surface area (Å²) in [5.74, 6) is 1.03. The first-order valence-corrected chi connectivity index (χ1v) is 6.76. The smallest absolute Gasteiger partial charge is 0.0431 e. The highest BCUT2D eigenvalue weighted by Crippen LogP contribution is 2.37. The van der Waals surface area contributed by atoms with E-state index in [9.17, 15) is 0 Å². The van der Waals surface area contributed by atoms with Gasteiger partial charge in [0, 0.05) is 12.6 Å². The lowest BCUT2D eigenvalue weighted by molar-refractivity contribution is 0.129. The van der Waals surface area contributed by atoms with Crippen molar-refractivity contribution >= 4 is 0 Å². The second-order valence-electron chi connectivity index (χ2n) is 5.22. The molecule has 1 aliphatic carbocycles. The lowest BCUT2D eigenvalue weighted by Gasteiger charge is -2.37. The number of hydrogen-bond donors (Lipinski definition) is 1. The van der Waals surface area contributed by atoms with Crippen LogP contribution in [0.4, 0.5) is 0 Å². The molecular weight excluding hydrogens is 186 g/mol. The van der Waals surface area contributed by atoms with Crippen LogP contribution < -0.4 is 0 Å². The Bertz CT molecular complexity index is 179. The third kappa shape index (κ3) is 2.94. The fourth-order valence-electron chi connectivity index (χ4n) is 3.09. The molecule has 1 N–H and O–H groups in total. The Morgan fingerprint density at radius 2 is 1.87 bits per heavy atom. The molecule has 0 aromatic heterocycles. The summed E-state index contributed by atoms with van der Waals surface area (Å²) in [6.45, 7) is 2.98. The second-order valence-corrected chi connectivity index (χ2v) is 5.22. The number of aliphatic hydroxyl groups excluding tert-OH is 1. The van der Waals surface area contributed by atoms with Gasteiger partial charge in [0.1, 0.15) is 0 Å². The maximum absolute atomic E-state index is 8.73. The highest BCUT2D eigenvalue weighted by Gasteiger charge is 2.34. The molecule has 0 bridgehead atoms. The van der Waals surface area contributed by atoms with Crippen LogP contribution in [0, 0.1) is 5.92 Å². The van der Waals surface area contributed by atoms with E-state index in [2.05, 4.69) is 4.90 Å². The van der Waals surface area contributed by atoms with Gasteiger partial charge < -0.3 is 10.0 Å². The maximum Gasteiger partial charge on any atom is 0.0431 e. The van der Waals surface area contributed by atoms with Crippen LogP contribution in [0.3, 0.4) is 0 Å². The molecule has 2 nitrogen and oxygen atoms in total. The summed E-state index contributed by atoms with van der Waals surface area (Å²) in [5, 5.41) is 8.73. The summed E-state index contributed by atoms with van der Waals surface area (Å²) >= 11 is 0. The van der Waals surface area contributed by atoms with E-state index in [1.165, 1.54) is 58.0 Å². The number of likely N-dealkylation sites (tertiary alicyclic amines) is 1. The van der Waals surface area contributed by atoms with E-state index in [4.69, 9.17) is 5.11 Å². The van der Waals surface area contributed by atoms with Crippen LogP contribution in [-0.2, 0) is 0 Å². The minimum Gasteiger partial charge on any atom is -0.396 e. The maximum atomic E-state index is 8.73. The standard InChI is InChI=1S/C13H25NO/c15-11-3-1-2-9-14-10-5-8-13(14)12-6-4-7-12/h12-13,15H,1-11H2. The molecule has 0 amide bonds. The van der Waals surface area contributed by atoms with Gasteiger partial charge in [-0.25, -0.2) is 0 Å². The van der Waals surface area contributed by atoms with Gasteiger partial charge in [0.25, 0.3) is 0 Å². The number of rotatable bonds is 6. The van der Waals surface area contributed by atoms with Gasteiger partial charge in [0.15, 0.2) is 0 Å². The quantitative estimate of drug-likeness (QED) is 0.682. The van der Waals surface area contributed by atoms with Gasteiger partial charge in [-0.2, -0.15) is 0 Å². The Morgan fingerprint density at radius 3 is 2.53 bits per heavy atom. The van der Waals surface area contributed by atoms with E-state index in [1.54, 1.807) is 0 Å². The summed E-state index contributed by atoms with van der Waals surface area (Å²) in [6.07, 6.45) is 10.8. The summed E-state index contributed by atoms with van der Waals surface area (Å²) < 4.78 is 0. The molecule has 2 heteroatoms. The van der Waals surface area contributed by atoms with E-state index in [0.29, 0.717) is 6.61 Å². The highest BCUT2D eigenvalue weighted by molar-refractivity contribution is 4.88. The van der Waals surface area contributed by atoms with Crippen LogP contribution in [0.5, 0.6) is 0 Å². The van der Waals surface area contributed by atoms with Crippen molar-refractivity contribution in [3.05, 3.63) is 0 Å². The van der Waals surface area contributed by atoms with E-state index in [0.717, 1.165) is 18.4 Å². The molecule has 15 heavy (non-hydrogen) atoms. The van der Waals surface area contributed by atoms with Crippen molar-refractivity contribution in [2.45, 2.75) is 57.4 Å². The lowest BCUT2D eigenvalue weighted by atomic mass is 9.79. The SMILES string of the molecule is OCCCCCN1CCCC1C1CCC1. The first kappa shape index (κ1) is 11.4. The number of hydrogen-bond acceptors (Lipinski definition) is 2. The largest absolute Gasteiger partial charge is 0.396 e. The number of aliphatic hydroxyl groups is 1. The Morgan fingerprint density at radius 1 is 1.00 bits per heavy atom. The molecule has 1 saturated heterocycles. The number of unbranched alkanes of at least 4 members (excludes halogenated alkanes) is 2. The molecule has 1 unspecified atom stereocenters. The minimum absolute atomic E-state index is 0.367. The summed E-state index contributed by atoms with van der Waals surface area (Å²) in [5.41, 5.74) is 0. The van der Waals surface area contributed by atoms with Crippen molar-refractivity contribution in [3.8, 4) is 0 Å². The van der Waals surface area contributed by atoms with E-state index in [-0.39, 0.29) is 0 Å². The van der Waals surface area contributed by atoms with Gasteiger partial charge in [0.2, 0.25) is 0 Å². The molecule has 0 aromatic carbocycles. The zero-order valence-corrected chi connectivity index (χ0v) is 9.83. The Kier molecular flexibility index (Phi) is 4.45. The second kappa shape index (κ2) is 5.86. The molecule has 2 rings (SSSR count).